The molecule has 0 saturated heterocycles. The number of benzene rings is 1. The van der Waals surface area contributed by atoms with Crippen molar-refractivity contribution in [3.05, 3.63) is 29.3 Å². The molecule has 1 aliphatic heterocycles. The molecule has 17 heavy (non-hydrogen) atoms. The molecule has 3 N–H and O–H groups in total. The van der Waals surface area contributed by atoms with Gasteiger partial charge in [-0.25, -0.2) is 0 Å². The van der Waals surface area contributed by atoms with Crippen molar-refractivity contribution in [3.8, 4) is 0 Å². The van der Waals surface area contributed by atoms with Crippen molar-refractivity contribution in [3.63, 3.8) is 0 Å². The highest BCUT2D eigenvalue weighted by Crippen LogP contribution is 2.26. The first-order valence-corrected chi connectivity index (χ1v) is 5.35. The van der Waals surface area contributed by atoms with Crippen LogP contribution in [0.3, 0.4) is 0 Å². The third-order valence-electron chi connectivity index (χ3n) is 2.80. The molecule has 1 heterocycles. The molecular weight excluding hydrogens is 220 g/mol. The van der Waals surface area contributed by atoms with E-state index < -0.39 is 6.04 Å². The molecule has 0 spiro atoms. The summed E-state index contributed by atoms with van der Waals surface area (Å²) in [4.78, 5) is 22.3. The molecule has 0 saturated carbocycles. The van der Waals surface area contributed by atoms with Gasteiger partial charge in [0.2, 0.25) is 5.91 Å². The first-order chi connectivity index (χ1) is 8.10. The third kappa shape index (κ3) is 2.45. The number of esters is 1. The SMILES string of the molecule is COC(=O)CC(N)c1ccc2c(c1)CC(=O)N2. The lowest BCUT2D eigenvalue weighted by molar-refractivity contribution is -0.141. The molecule has 0 aromatic heterocycles. The van der Waals surface area contributed by atoms with E-state index in [1.807, 2.05) is 18.2 Å². The number of amides is 1. The first kappa shape index (κ1) is 11.6. The van der Waals surface area contributed by atoms with E-state index in [9.17, 15) is 9.59 Å². The Morgan fingerprint density at radius 3 is 3.06 bits per heavy atom. The highest BCUT2D eigenvalue weighted by Gasteiger charge is 2.19. The van der Waals surface area contributed by atoms with E-state index in [0.29, 0.717) is 6.42 Å². The average Bonchev–Trinajstić information content (AvgIpc) is 2.67. The number of anilines is 1. The Morgan fingerprint density at radius 2 is 2.35 bits per heavy atom. The van der Waals surface area contributed by atoms with Crippen LogP contribution in [-0.2, 0) is 20.7 Å². The number of nitrogens with one attached hydrogen (secondary N) is 1. The van der Waals surface area contributed by atoms with Crippen molar-refractivity contribution in [2.24, 2.45) is 5.73 Å². The van der Waals surface area contributed by atoms with Crippen LogP contribution >= 0.6 is 0 Å². The van der Waals surface area contributed by atoms with E-state index in [2.05, 4.69) is 10.1 Å². The number of nitrogens with two attached hydrogens (primary N) is 1. The van der Waals surface area contributed by atoms with Crippen LogP contribution < -0.4 is 11.1 Å². The van der Waals surface area contributed by atoms with Gasteiger partial charge in [0.05, 0.1) is 20.0 Å². The number of rotatable bonds is 3. The molecule has 1 amide bonds. The van der Waals surface area contributed by atoms with Crippen LogP contribution in [0.1, 0.15) is 23.6 Å². The summed E-state index contributed by atoms with van der Waals surface area (Å²) in [6.45, 7) is 0. The smallest absolute Gasteiger partial charge is 0.307 e. The Morgan fingerprint density at radius 1 is 1.59 bits per heavy atom. The molecule has 0 fully saturated rings. The summed E-state index contributed by atoms with van der Waals surface area (Å²) >= 11 is 0. The quantitative estimate of drug-likeness (QED) is 0.756. The second kappa shape index (κ2) is 4.55. The molecule has 1 atom stereocenters. The predicted octanol–water partition coefficient (Wildman–Crippen LogP) is 0.744. The Labute approximate surface area is 98.9 Å². The van der Waals surface area contributed by atoms with E-state index in [-0.39, 0.29) is 18.3 Å². The fourth-order valence-corrected chi connectivity index (χ4v) is 1.86. The topological polar surface area (TPSA) is 81.4 Å². The fraction of sp³-hybridized carbons (Fsp3) is 0.333. The molecule has 5 heteroatoms. The lowest BCUT2D eigenvalue weighted by Crippen LogP contribution is -2.16. The second-order valence-corrected chi connectivity index (χ2v) is 4.03. The summed E-state index contributed by atoms with van der Waals surface area (Å²) < 4.78 is 4.57. The molecule has 1 aromatic rings. The van der Waals surface area contributed by atoms with Crippen molar-refractivity contribution < 1.29 is 14.3 Å². The zero-order chi connectivity index (χ0) is 12.4. The van der Waals surface area contributed by atoms with Gasteiger partial charge >= 0.3 is 5.97 Å². The Kier molecular flexibility index (Phi) is 3.10. The lowest BCUT2D eigenvalue weighted by atomic mass is 10.0. The van der Waals surface area contributed by atoms with Gasteiger partial charge in [-0.3, -0.25) is 9.59 Å². The summed E-state index contributed by atoms with van der Waals surface area (Å²) in [5.74, 6) is -0.356. The molecule has 1 aromatic carbocycles. The Hall–Kier alpha value is -1.88. The molecule has 0 bridgehead atoms. The normalized spacial score (nSPS) is 15.1. The van der Waals surface area contributed by atoms with Crippen LogP contribution in [-0.4, -0.2) is 19.0 Å². The van der Waals surface area contributed by atoms with Gasteiger partial charge < -0.3 is 15.8 Å². The highest BCUT2D eigenvalue weighted by atomic mass is 16.5. The lowest BCUT2D eigenvalue weighted by Gasteiger charge is -2.11. The summed E-state index contributed by atoms with van der Waals surface area (Å²) in [5.41, 5.74) is 8.48. The molecule has 1 aliphatic rings. The van der Waals surface area contributed by atoms with Crippen molar-refractivity contribution in [1.29, 1.82) is 0 Å². The van der Waals surface area contributed by atoms with Crippen LogP contribution in [0.25, 0.3) is 0 Å². The monoisotopic (exact) mass is 234 g/mol. The molecule has 1 unspecified atom stereocenters. The minimum atomic E-state index is -0.400. The number of methoxy groups -OCH3 is 1. The van der Waals surface area contributed by atoms with Crippen molar-refractivity contribution in [2.75, 3.05) is 12.4 Å². The van der Waals surface area contributed by atoms with Crippen LogP contribution in [0.4, 0.5) is 5.69 Å². The van der Waals surface area contributed by atoms with Crippen molar-refractivity contribution in [2.45, 2.75) is 18.9 Å². The molecule has 2 rings (SSSR count). The number of carbonyl (C=O) groups is 2. The van der Waals surface area contributed by atoms with Gasteiger partial charge in [0.1, 0.15) is 0 Å². The molecule has 0 radical (unpaired) electrons. The third-order valence-corrected chi connectivity index (χ3v) is 2.80. The van der Waals surface area contributed by atoms with Gasteiger partial charge in [0.25, 0.3) is 0 Å². The number of hydrogen-bond acceptors (Lipinski definition) is 4. The van der Waals surface area contributed by atoms with Gasteiger partial charge in [0.15, 0.2) is 0 Å². The van der Waals surface area contributed by atoms with Gasteiger partial charge in [-0.2, -0.15) is 0 Å². The summed E-state index contributed by atoms with van der Waals surface area (Å²) in [5, 5.41) is 2.74. The summed E-state index contributed by atoms with van der Waals surface area (Å²) in [6, 6.07) is 5.09. The van der Waals surface area contributed by atoms with Crippen LogP contribution in [0.15, 0.2) is 18.2 Å². The van der Waals surface area contributed by atoms with Gasteiger partial charge in [0, 0.05) is 11.7 Å². The average molecular weight is 234 g/mol. The Balaban J connectivity index is 2.15. The van der Waals surface area contributed by atoms with E-state index >= 15 is 0 Å². The summed E-state index contributed by atoms with van der Waals surface area (Å²) in [6.07, 6.45) is 0.505. The predicted molar refractivity (Wildman–Crippen MR) is 62.3 cm³/mol. The first-order valence-electron chi connectivity index (χ1n) is 5.35. The largest absolute Gasteiger partial charge is 0.469 e. The van der Waals surface area contributed by atoms with Crippen molar-refractivity contribution >= 4 is 17.6 Å². The minimum Gasteiger partial charge on any atom is -0.469 e. The van der Waals surface area contributed by atoms with Crippen LogP contribution in [0.5, 0.6) is 0 Å². The Bertz CT molecular complexity index is 471. The molecular formula is C12H14N2O3. The number of ether oxygens (including phenoxy) is 1. The maximum absolute atomic E-state index is 11.2. The number of fused-ring (bicyclic) bond motifs is 1. The summed E-state index contributed by atoms with van der Waals surface area (Å²) in [7, 11) is 1.33. The zero-order valence-electron chi connectivity index (χ0n) is 9.53. The fourth-order valence-electron chi connectivity index (χ4n) is 1.86. The van der Waals surface area contributed by atoms with Crippen LogP contribution in [0.2, 0.25) is 0 Å². The number of hydrogen-bond donors (Lipinski definition) is 2. The van der Waals surface area contributed by atoms with E-state index in [0.717, 1.165) is 16.8 Å². The van der Waals surface area contributed by atoms with E-state index in [1.165, 1.54) is 7.11 Å². The minimum absolute atomic E-state index is 0.0151. The van der Waals surface area contributed by atoms with E-state index in [1.54, 1.807) is 0 Å². The van der Waals surface area contributed by atoms with Gasteiger partial charge in [-0.15, -0.1) is 0 Å². The highest BCUT2D eigenvalue weighted by molar-refractivity contribution is 5.99. The maximum Gasteiger partial charge on any atom is 0.307 e. The number of carbonyl (C=O) groups excluding carboxylic acids is 2. The molecule has 90 valence electrons. The van der Waals surface area contributed by atoms with Crippen LogP contribution in [0, 0.1) is 0 Å². The van der Waals surface area contributed by atoms with E-state index in [4.69, 9.17) is 5.73 Å². The van der Waals surface area contributed by atoms with Crippen molar-refractivity contribution in [1.82, 2.24) is 0 Å². The maximum atomic E-state index is 11.2. The second-order valence-electron chi connectivity index (χ2n) is 4.03. The zero-order valence-corrected chi connectivity index (χ0v) is 9.53. The van der Waals surface area contributed by atoms with Gasteiger partial charge in [-0.05, 0) is 17.2 Å². The molecule has 0 aliphatic carbocycles. The van der Waals surface area contributed by atoms with Gasteiger partial charge in [-0.1, -0.05) is 12.1 Å². The standard InChI is InChI=1S/C12H14N2O3/c1-17-12(16)6-9(13)7-2-3-10-8(4-7)5-11(15)14-10/h2-4,9H,5-6,13H2,1H3,(H,14,15). The molecule has 5 nitrogen and oxygen atoms in total.